The first-order valence-electron chi connectivity index (χ1n) is 12.9. The number of thioether (sulfide) groups is 1. The van der Waals surface area contributed by atoms with E-state index in [2.05, 4.69) is 0 Å². The topological polar surface area (TPSA) is 176 Å². The van der Waals surface area contributed by atoms with E-state index < -0.39 is 36.1 Å². The van der Waals surface area contributed by atoms with Crippen LogP contribution in [0.3, 0.4) is 0 Å². The van der Waals surface area contributed by atoms with Crippen molar-refractivity contribution in [2.75, 3.05) is 31.3 Å². The number of esters is 2. The minimum absolute atomic E-state index is 0. The summed E-state index contributed by atoms with van der Waals surface area (Å²) in [6, 6.07) is -0.904. The van der Waals surface area contributed by atoms with Crippen LogP contribution in [0.15, 0.2) is 0 Å². The molecule has 0 fully saturated rings. The van der Waals surface area contributed by atoms with Crippen LogP contribution < -0.4 is 5.73 Å². The molecule has 4 atom stereocenters. The Morgan fingerprint density at radius 3 is 1.66 bits per heavy atom. The van der Waals surface area contributed by atoms with Crippen LogP contribution in [0.25, 0.3) is 0 Å². The fourth-order valence-corrected chi connectivity index (χ4v) is 4.12. The summed E-state index contributed by atoms with van der Waals surface area (Å²) >= 11 is 1.26. The Morgan fingerprint density at radius 2 is 1.22 bits per heavy atom. The fraction of sp³-hybridized carbons (Fsp3) is 0.842. The summed E-state index contributed by atoms with van der Waals surface area (Å²) in [7, 11) is 0. The Bertz CT molecular complexity index is 792. The Kier molecular flexibility index (Phi) is 88.6. The standard InChI is InChI=1S/C26H43NO10S.12CH4/c1-5-25(33)36-14-20(37-26(34)6-2)15-38-16-22(27)24(32)12-21(18(4)29)23(31)8-7-11-35-13-19(30)10-9-17(3)28;;;;;;;;;;;;/h18,20-22,29H,5-16,27H2,1-4H3;12*1H4. The zero-order chi connectivity index (χ0) is 29.1. The minimum Gasteiger partial charge on any atom is -0.462 e. The average molecular weight is 754 g/mol. The van der Waals surface area contributed by atoms with Crippen LogP contribution in [0, 0.1) is 5.92 Å². The van der Waals surface area contributed by atoms with E-state index in [0.29, 0.717) is 6.42 Å². The molecule has 0 aromatic rings. The number of ketones is 4. The monoisotopic (exact) mass is 754 g/mol. The zero-order valence-corrected chi connectivity index (χ0v) is 23.7. The summed E-state index contributed by atoms with van der Waals surface area (Å²) in [5, 5.41) is 10.1. The maximum atomic E-state index is 12.6. The quantitative estimate of drug-likeness (QED) is 0.0748. The van der Waals surface area contributed by atoms with Crippen LogP contribution in [0.5, 0.6) is 0 Å². The van der Waals surface area contributed by atoms with E-state index in [0.717, 1.165) is 0 Å². The van der Waals surface area contributed by atoms with Crippen LogP contribution in [0.4, 0.5) is 0 Å². The molecule has 0 amide bonds. The minimum atomic E-state index is -1.05. The number of Topliss-reactive ketones (excluding diaryl/α,β-unsaturated/α-hetero) is 4. The van der Waals surface area contributed by atoms with Crippen molar-refractivity contribution in [3.63, 3.8) is 0 Å². The van der Waals surface area contributed by atoms with E-state index in [9.17, 15) is 33.9 Å². The molecule has 50 heavy (non-hydrogen) atoms. The molecular formula is C38H91NO10S. The maximum absolute atomic E-state index is 12.6. The number of carbonyl (C=O) groups excluding carboxylic acids is 6. The lowest BCUT2D eigenvalue weighted by Crippen LogP contribution is -2.38. The predicted molar refractivity (Wildman–Crippen MR) is 222 cm³/mol. The molecule has 0 rings (SSSR count). The van der Waals surface area contributed by atoms with E-state index >= 15 is 0 Å². The molecule has 0 heterocycles. The number of aliphatic hydroxyl groups excluding tert-OH is 1. The van der Waals surface area contributed by atoms with E-state index in [-0.39, 0.29) is 182 Å². The summed E-state index contributed by atoms with van der Waals surface area (Å²) < 4.78 is 15.6. The second-order valence-electron chi connectivity index (χ2n) is 9.03. The second kappa shape index (κ2) is 51.2. The number of carbonyl (C=O) groups is 6. The second-order valence-corrected chi connectivity index (χ2v) is 10.1. The van der Waals surface area contributed by atoms with E-state index in [4.69, 9.17) is 19.9 Å². The number of hydrogen-bond donors (Lipinski definition) is 2. The molecule has 0 saturated carbocycles. The molecule has 12 heteroatoms. The van der Waals surface area contributed by atoms with Crippen molar-refractivity contribution in [2.45, 2.75) is 180 Å². The van der Waals surface area contributed by atoms with Crippen LogP contribution in [0.2, 0.25) is 0 Å². The Balaban J connectivity index is -0.000000104. The first-order valence-corrected chi connectivity index (χ1v) is 14.1. The first kappa shape index (κ1) is 86.5. The average Bonchev–Trinajstić information content (AvgIpc) is 2.87. The highest BCUT2D eigenvalue weighted by atomic mass is 32.2. The van der Waals surface area contributed by atoms with Gasteiger partial charge in [-0.25, -0.2) is 0 Å². The van der Waals surface area contributed by atoms with Crippen LogP contribution >= 0.6 is 11.8 Å². The lowest BCUT2D eigenvalue weighted by atomic mass is 9.89. The molecule has 11 nitrogen and oxygen atoms in total. The molecule has 314 valence electrons. The Morgan fingerprint density at radius 1 is 0.720 bits per heavy atom. The van der Waals surface area contributed by atoms with E-state index in [1.165, 1.54) is 25.6 Å². The molecule has 0 spiro atoms. The van der Waals surface area contributed by atoms with Gasteiger partial charge in [0.2, 0.25) is 0 Å². The van der Waals surface area contributed by atoms with Crippen molar-refractivity contribution in [3.8, 4) is 0 Å². The molecule has 0 aliphatic carbocycles. The van der Waals surface area contributed by atoms with Gasteiger partial charge in [-0.3, -0.25) is 24.0 Å². The summed E-state index contributed by atoms with van der Waals surface area (Å²) in [6.07, 6.45) is -0.906. The molecule has 0 aromatic carbocycles. The van der Waals surface area contributed by atoms with Gasteiger partial charge in [-0.2, -0.15) is 11.8 Å². The molecular weight excluding hydrogens is 662 g/mol. The lowest BCUT2D eigenvalue weighted by molar-refractivity contribution is -0.157. The van der Waals surface area contributed by atoms with Gasteiger partial charge in [0.15, 0.2) is 11.6 Å². The van der Waals surface area contributed by atoms with Gasteiger partial charge in [-0.1, -0.05) is 103 Å². The molecule has 3 N–H and O–H groups in total. The zero-order valence-electron chi connectivity index (χ0n) is 22.9. The number of nitrogens with two attached hydrogens (primary N) is 1. The van der Waals surface area contributed by atoms with Crippen molar-refractivity contribution >= 4 is 46.8 Å². The van der Waals surface area contributed by atoms with Crippen molar-refractivity contribution < 1.29 is 48.1 Å². The number of rotatable bonds is 23. The van der Waals surface area contributed by atoms with Gasteiger partial charge in [0.1, 0.15) is 30.9 Å². The van der Waals surface area contributed by atoms with Crippen molar-refractivity contribution in [1.82, 2.24) is 0 Å². The largest absolute Gasteiger partial charge is 0.462 e. The number of aliphatic hydroxyl groups is 1. The molecule has 4 unspecified atom stereocenters. The normalized spacial score (nSPS) is 10.8. The van der Waals surface area contributed by atoms with Crippen LogP contribution in [0.1, 0.15) is 162 Å². The van der Waals surface area contributed by atoms with Gasteiger partial charge in [0, 0.05) is 56.6 Å². The molecule has 0 aliphatic heterocycles. The number of ether oxygens (including phenoxy) is 3. The first-order chi connectivity index (χ1) is 17.9. The fourth-order valence-electron chi connectivity index (χ4n) is 3.12. The third-order valence-electron chi connectivity index (χ3n) is 5.47. The third-order valence-corrected chi connectivity index (χ3v) is 6.67. The van der Waals surface area contributed by atoms with Gasteiger partial charge in [0.05, 0.1) is 18.1 Å². The van der Waals surface area contributed by atoms with Gasteiger partial charge >= 0.3 is 11.9 Å². The summed E-state index contributed by atoms with van der Waals surface area (Å²) in [5.41, 5.74) is 6.01. The third kappa shape index (κ3) is 43.9. The molecule has 0 bridgehead atoms. The number of hydrogen-bond acceptors (Lipinski definition) is 12. The predicted octanol–water partition coefficient (Wildman–Crippen LogP) is 9.22. The summed E-state index contributed by atoms with van der Waals surface area (Å²) in [5.74, 6) is -2.27. The van der Waals surface area contributed by atoms with Crippen molar-refractivity contribution in [2.24, 2.45) is 11.7 Å². The van der Waals surface area contributed by atoms with Gasteiger partial charge < -0.3 is 29.8 Å². The van der Waals surface area contributed by atoms with Gasteiger partial charge in [-0.05, 0) is 20.3 Å². The Hall–Kier alpha value is -2.15. The van der Waals surface area contributed by atoms with Crippen LogP contribution in [-0.4, -0.2) is 89.8 Å². The molecule has 0 aromatic heterocycles. The van der Waals surface area contributed by atoms with Crippen molar-refractivity contribution in [3.05, 3.63) is 0 Å². The molecule has 0 aliphatic rings. The molecule has 0 saturated heterocycles. The highest BCUT2D eigenvalue weighted by Gasteiger charge is 2.28. The smallest absolute Gasteiger partial charge is 0.305 e. The van der Waals surface area contributed by atoms with Gasteiger partial charge in [-0.15, -0.1) is 0 Å². The van der Waals surface area contributed by atoms with E-state index in [1.807, 2.05) is 0 Å². The molecule has 0 radical (unpaired) electrons. The SMILES string of the molecule is C.C.C.C.C.C.C.C.C.C.C.C.CCC(=O)OCC(CSCC(N)C(=O)CC(C(=O)CCCOCC(=O)CCC(C)=O)C(C)O)OC(=O)CC. The highest BCUT2D eigenvalue weighted by molar-refractivity contribution is 7.99. The maximum Gasteiger partial charge on any atom is 0.305 e. The summed E-state index contributed by atoms with van der Waals surface area (Å²) in [6.45, 7) is 6.07. The summed E-state index contributed by atoms with van der Waals surface area (Å²) in [4.78, 5) is 70.8. The van der Waals surface area contributed by atoms with Gasteiger partial charge in [0.25, 0.3) is 0 Å². The van der Waals surface area contributed by atoms with Crippen LogP contribution in [-0.2, 0) is 43.0 Å². The lowest BCUT2D eigenvalue weighted by Gasteiger charge is -2.21. The van der Waals surface area contributed by atoms with E-state index in [1.54, 1.807) is 13.8 Å². The Labute approximate surface area is 317 Å². The highest BCUT2D eigenvalue weighted by Crippen LogP contribution is 2.17. The van der Waals surface area contributed by atoms with Crippen molar-refractivity contribution in [1.29, 1.82) is 0 Å².